The van der Waals surface area contributed by atoms with E-state index in [1.807, 2.05) is 17.0 Å². The average molecular weight is 569 g/mol. The molecule has 1 fully saturated rings. The first-order valence-corrected chi connectivity index (χ1v) is 13.2. The molecule has 35 heavy (non-hydrogen) atoms. The molecule has 2 aromatic rings. The lowest BCUT2D eigenvalue weighted by molar-refractivity contribution is -0.336. The number of hydrogen-bond donors (Lipinski definition) is 1. The minimum Gasteiger partial charge on any atom is -0.360 e. The van der Waals surface area contributed by atoms with E-state index < -0.39 is 28.9 Å². The molecule has 1 N–H and O–H groups in total. The maximum absolute atomic E-state index is 13.6. The highest BCUT2D eigenvalue weighted by Gasteiger charge is 2.47. The Labute approximate surface area is 217 Å². The number of alkyl halides is 3. The molecule has 2 aromatic carbocycles. The van der Waals surface area contributed by atoms with E-state index in [4.69, 9.17) is 34.8 Å². The monoisotopic (exact) mass is 567 g/mol. The molecule has 0 bridgehead atoms. The van der Waals surface area contributed by atoms with Crippen molar-refractivity contribution in [1.29, 1.82) is 0 Å². The van der Waals surface area contributed by atoms with Gasteiger partial charge in [-0.3, -0.25) is 4.74 Å². The molecule has 0 aromatic heterocycles. The van der Waals surface area contributed by atoms with Crippen LogP contribution in [0.3, 0.4) is 0 Å². The van der Waals surface area contributed by atoms with Gasteiger partial charge < -0.3 is 4.90 Å². The second-order valence-corrected chi connectivity index (χ2v) is 11.4. The van der Waals surface area contributed by atoms with Crippen LogP contribution in [0.2, 0.25) is 15.1 Å². The third-order valence-electron chi connectivity index (χ3n) is 5.80. The third-order valence-corrected chi connectivity index (χ3v) is 8.61. The predicted octanol–water partition coefficient (Wildman–Crippen LogP) is 7.15. The first-order valence-electron chi connectivity index (χ1n) is 10.5. The van der Waals surface area contributed by atoms with E-state index in [9.17, 15) is 21.9 Å². The molecule has 1 heterocycles. The van der Waals surface area contributed by atoms with Gasteiger partial charge in [0.1, 0.15) is 0 Å². The fourth-order valence-corrected chi connectivity index (χ4v) is 6.48. The van der Waals surface area contributed by atoms with E-state index in [0.717, 1.165) is 5.56 Å². The maximum Gasteiger partial charge on any atom is 0.523 e. The van der Waals surface area contributed by atoms with Gasteiger partial charge >= 0.3 is 16.8 Å². The number of nitrogens with zero attached hydrogens (tertiary/aromatic N) is 2. The van der Waals surface area contributed by atoms with Crippen LogP contribution in [0.15, 0.2) is 65.6 Å². The van der Waals surface area contributed by atoms with Crippen molar-refractivity contribution in [1.82, 2.24) is 4.31 Å². The minimum absolute atomic E-state index is 0.0259. The molecule has 0 spiro atoms. The number of piperazine rings is 1. The zero-order valence-corrected chi connectivity index (χ0v) is 21.2. The van der Waals surface area contributed by atoms with Gasteiger partial charge in [-0.2, -0.15) is 4.55 Å². The van der Waals surface area contributed by atoms with Crippen LogP contribution >= 0.6 is 34.8 Å². The molecular weight excluding hydrogens is 548 g/mol. The van der Waals surface area contributed by atoms with Gasteiger partial charge in [0.15, 0.2) is 4.91 Å². The number of ether oxygens (including phenoxy) is 1. The SMILES string of the molecule is O=[S+](O)(C1=CC=CC(OC(F)(F)F)C1)N1CCN(c2ccc(Cl)cc2Cl)C(c2ccc(Cl)cc2)C1. The quantitative estimate of drug-likeness (QED) is 0.389. The molecule has 1 aliphatic carbocycles. The summed E-state index contributed by atoms with van der Waals surface area (Å²) in [6.07, 6.45) is -2.67. The van der Waals surface area contributed by atoms with Crippen LogP contribution in [0.25, 0.3) is 0 Å². The van der Waals surface area contributed by atoms with E-state index in [0.29, 0.717) is 27.3 Å². The van der Waals surface area contributed by atoms with E-state index in [1.54, 1.807) is 30.3 Å². The second kappa shape index (κ2) is 10.4. The Morgan fingerprint density at radius 3 is 2.37 bits per heavy atom. The van der Waals surface area contributed by atoms with Crippen molar-refractivity contribution in [2.75, 3.05) is 24.5 Å². The van der Waals surface area contributed by atoms with Crippen LogP contribution in [-0.2, 0) is 19.3 Å². The third kappa shape index (κ3) is 6.22. The van der Waals surface area contributed by atoms with Crippen molar-refractivity contribution in [3.63, 3.8) is 0 Å². The predicted molar refractivity (Wildman–Crippen MR) is 133 cm³/mol. The Morgan fingerprint density at radius 2 is 1.71 bits per heavy atom. The van der Waals surface area contributed by atoms with Crippen molar-refractivity contribution in [2.24, 2.45) is 0 Å². The largest absolute Gasteiger partial charge is 0.523 e. The fraction of sp³-hybridized carbons (Fsp3) is 0.304. The van der Waals surface area contributed by atoms with Gasteiger partial charge in [-0.25, -0.2) is 0 Å². The van der Waals surface area contributed by atoms with Crippen LogP contribution < -0.4 is 4.90 Å². The zero-order chi connectivity index (χ0) is 25.4. The molecule has 12 heteroatoms. The fourth-order valence-electron chi connectivity index (χ4n) is 4.19. The van der Waals surface area contributed by atoms with Gasteiger partial charge in [0.05, 0.1) is 42.4 Å². The summed E-state index contributed by atoms with van der Waals surface area (Å²) in [4.78, 5) is 1.99. The summed E-state index contributed by atoms with van der Waals surface area (Å²) < 4.78 is 68.2. The minimum atomic E-state index is -4.85. The molecular formula is C23H21Cl3F3N2O3S+. The lowest BCUT2D eigenvalue weighted by Gasteiger charge is -2.41. The topological polar surface area (TPSA) is 53.0 Å². The molecule has 3 unspecified atom stereocenters. The van der Waals surface area contributed by atoms with Gasteiger partial charge in [0, 0.05) is 16.6 Å². The van der Waals surface area contributed by atoms with Crippen molar-refractivity contribution < 1.29 is 26.7 Å². The van der Waals surface area contributed by atoms with Gasteiger partial charge in [0.2, 0.25) is 0 Å². The Kier molecular flexibility index (Phi) is 7.88. The molecule has 1 aliphatic heterocycles. The Bertz CT molecular complexity index is 1190. The first kappa shape index (κ1) is 26.5. The summed E-state index contributed by atoms with van der Waals surface area (Å²) in [5.74, 6) is 0. The van der Waals surface area contributed by atoms with Crippen molar-refractivity contribution >= 4 is 50.9 Å². The number of benzene rings is 2. The molecule has 4 rings (SSSR count). The zero-order valence-electron chi connectivity index (χ0n) is 18.1. The number of hydrogen-bond acceptors (Lipinski definition) is 3. The molecule has 0 amide bonds. The highest BCUT2D eigenvalue weighted by molar-refractivity contribution is 7.99. The van der Waals surface area contributed by atoms with Crippen LogP contribution in [-0.4, -0.2) is 41.0 Å². The van der Waals surface area contributed by atoms with E-state index in [2.05, 4.69) is 4.74 Å². The van der Waals surface area contributed by atoms with Crippen LogP contribution in [0.5, 0.6) is 0 Å². The molecule has 1 saturated heterocycles. The summed E-state index contributed by atoms with van der Waals surface area (Å²) >= 11 is 18.6. The van der Waals surface area contributed by atoms with Gasteiger partial charge in [-0.1, -0.05) is 63.4 Å². The van der Waals surface area contributed by atoms with Crippen LogP contribution in [0, 0.1) is 0 Å². The van der Waals surface area contributed by atoms with Gasteiger partial charge in [-0.15, -0.1) is 13.2 Å². The highest BCUT2D eigenvalue weighted by Crippen LogP contribution is 2.39. The van der Waals surface area contributed by atoms with Crippen LogP contribution in [0.1, 0.15) is 18.0 Å². The lowest BCUT2D eigenvalue weighted by atomic mass is 10.0. The first-order chi connectivity index (χ1) is 16.4. The Balaban J connectivity index is 1.62. The second-order valence-electron chi connectivity index (χ2n) is 8.07. The maximum atomic E-state index is 13.6. The summed E-state index contributed by atoms with van der Waals surface area (Å²) in [5, 5.41) is 1.45. The van der Waals surface area contributed by atoms with E-state index >= 15 is 0 Å². The summed E-state index contributed by atoms with van der Waals surface area (Å²) in [7, 11) is -3.81. The lowest BCUT2D eigenvalue weighted by Crippen LogP contribution is -2.53. The molecule has 3 atom stereocenters. The normalized spacial score (nSPS) is 23.2. The average Bonchev–Trinajstić information content (AvgIpc) is 2.78. The number of halogens is 6. The van der Waals surface area contributed by atoms with Crippen molar-refractivity contribution in [3.8, 4) is 0 Å². The van der Waals surface area contributed by atoms with Crippen molar-refractivity contribution in [3.05, 3.63) is 86.2 Å². The van der Waals surface area contributed by atoms with E-state index in [-0.39, 0.29) is 24.4 Å². The van der Waals surface area contributed by atoms with Gasteiger partial charge in [0.25, 0.3) is 0 Å². The van der Waals surface area contributed by atoms with E-state index in [1.165, 1.54) is 22.5 Å². The summed E-state index contributed by atoms with van der Waals surface area (Å²) in [6.45, 7) is 0.615. The standard InChI is InChI=1S/C23H20Cl3F3N2O3S/c24-16-6-4-15(5-7-16)22-14-30(10-11-31(22)21-9-8-17(25)12-20(21)26)35(32,33)19-3-1-2-18(13-19)34-23(27,28)29/h1-9,12,18,22H,10-11,13-14H2/p+1. The van der Waals surface area contributed by atoms with Crippen molar-refractivity contribution in [2.45, 2.75) is 24.9 Å². The molecule has 2 aliphatic rings. The summed E-state index contributed by atoms with van der Waals surface area (Å²) in [6, 6.07) is 11.8. The number of allylic oxidation sites excluding steroid dienone is 2. The number of rotatable bonds is 5. The Morgan fingerprint density at radius 1 is 1.03 bits per heavy atom. The van der Waals surface area contributed by atoms with Gasteiger partial charge in [-0.05, 0) is 46.2 Å². The highest BCUT2D eigenvalue weighted by atomic mass is 35.5. The molecule has 188 valence electrons. The molecule has 0 saturated carbocycles. The van der Waals surface area contributed by atoms with Crippen LogP contribution in [0.4, 0.5) is 18.9 Å². The Hall–Kier alpha value is -1.59. The summed E-state index contributed by atoms with van der Waals surface area (Å²) in [5.41, 5.74) is 1.54. The molecule has 0 radical (unpaired) electrons. The number of anilines is 1. The molecule has 5 nitrogen and oxygen atoms in total. The smallest absolute Gasteiger partial charge is 0.360 e.